The van der Waals surface area contributed by atoms with Gasteiger partial charge >= 0.3 is 0 Å². The first kappa shape index (κ1) is 18.9. The standard InChI is InChI=1S/C14H16FN3.2ClH/c1-2-14(18-7-5-17-6-8-18)11-3-4-13(15)12(9-11)10-16;;/h2-4,9,14,17H,1,5-8H2;2*1H/t14-;;/m1../s1. The number of hydrogen-bond acceptors (Lipinski definition) is 3. The second-order valence-corrected chi connectivity index (χ2v) is 4.32. The number of halogens is 3. The highest BCUT2D eigenvalue weighted by Crippen LogP contribution is 2.24. The molecule has 1 saturated heterocycles. The topological polar surface area (TPSA) is 39.1 Å². The summed E-state index contributed by atoms with van der Waals surface area (Å²) >= 11 is 0. The van der Waals surface area contributed by atoms with Crippen molar-refractivity contribution >= 4 is 24.8 Å². The maximum atomic E-state index is 13.3. The fourth-order valence-corrected chi connectivity index (χ4v) is 2.27. The van der Waals surface area contributed by atoms with Gasteiger partial charge in [-0.1, -0.05) is 12.1 Å². The number of nitriles is 1. The number of hydrogen-bond donors (Lipinski definition) is 1. The third kappa shape index (κ3) is 4.19. The van der Waals surface area contributed by atoms with Crippen LogP contribution in [0.25, 0.3) is 0 Å². The first-order chi connectivity index (χ1) is 8.76. The zero-order chi connectivity index (χ0) is 13.0. The molecule has 0 bridgehead atoms. The van der Waals surface area contributed by atoms with Crippen molar-refractivity contribution in [1.29, 1.82) is 5.26 Å². The Balaban J connectivity index is 0.00000180. The molecule has 0 unspecified atom stereocenters. The maximum absolute atomic E-state index is 13.3. The molecule has 0 saturated carbocycles. The van der Waals surface area contributed by atoms with Crippen molar-refractivity contribution in [2.24, 2.45) is 0 Å². The van der Waals surface area contributed by atoms with Crippen molar-refractivity contribution in [2.45, 2.75) is 6.04 Å². The number of piperazine rings is 1. The second-order valence-electron chi connectivity index (χ2n) is 4.32. The van der Waals surface area contributed by atoms with Crippen LogP contribution in [-0.2, 0) is 0 Å². The van der Waals surface area contributed by atoms with Crippen molar-refractivity contribution in [2.75, 3.05) is 26.2 Å². The smallest absolute Gasteiger partial charge is 0.140 e. The molecule has 0 spiro atoms. The lowest BCUT2D eigenvalue weighted by molar-refractivity contribution is 0.203. The van der Waals surface area contributed by atoms with Crippen molar-refractivity contribution in [1.82, 2.24) is 10.2 Å². The summed E-state index contributed by atoms with van der Waals surface area (Å²) in [7, 11) is 0. The molecule has 1 atom stereocenters. The third-order valence-electron chi connectivity index (χ3n) is 3.22. The van der Waals surface area contributed by atoms with Gasteiger partial charge in [0, 0.05) is 26.2 Å². The van der Waals surface area contributed by atoms with Crippen LogP contribution in [-0.4, -0.2) is 31.1 Å². The highest BCUT2D eigenvalue weighted by Gasteiger charge is 2.20. The molecule has 20 heavy (non-hydrogen) atoms. The van der Waals surface area contributed by atoms with Crippen LogP contribution >= 0.6 is 24.8 Å². The molecule has 0 amide bonds. The van der Waals surface area contributed by atoms with E-state index in [1.165, 1.54) is 6.07 Å². The molecule has 0 aromatic heterocycles. The van der Waals surface area contributed by atoms with Gasteiger partial charge in [-0.15, -0.1) is 31.4 Å². The first-order valence-corrected chi connectivity index (χ1v) is 6.03. The van der Waals surface area contributed by atoms with E-state index in [2.05, 4.69) is 16.8 Å². The van der Waals surface area contributed by atoms with Crippen molar-refractivity contribution in [3.63, 3.8) is 0 Å². The molecule has 3 nitrogen and oxygen atoms in total. The highest BCUT2D eigenvalue weighted by atomic mass is 35.5. The molecule has 1 aromatic rings. The number of rotatable bonds is 3. The van der Waals surface area contributed by atoms with E-state index in [1.54, 1.807) is 12.1 Å². The van der Waals surface area contributed by atoms with Gasteiger partial charge in [0.05, 0.1) is 11.6 Å². The molecule has 1 fully saturated rings. The van der Waals surface area contributed by atoms with Gasteiger partial charge in [0.2, 0.25) is 0 Å². The van der Waals surface area contributed by atoms with Gasteiger partial charge in [-0.2, -0.15) is 5.26 Å². The van der Waals surface area contributed by atoms with E-state index in [0.29, 0.717) is 0 Å². The molecule has 6 heteroatoms. The SMILES string of the molecule is C=C[C@H](c1ccc(F)c(C#N)c1)N1CCNCC1.Cl.Cl. The Morgan fingerprint density at radius 3 is 2.55 bits per heavy atom. The zero-order valence-corrected chi connectivity index (χ0v) is 12.6. The van der Waals surface area contributed by atoms with E-state index >= 15 is 0 Å². The summed E-state index contributed by atoms with van der Waals surface area (Å²) in [5, 5.41) is 12.2. The third-order valence-corrected chi connectivity index (χ3v) is 3.22. The Morgan fingerprint density at radius 2 is 2.00 bits per heavy atom. The number of nitrogens with one attached hydrogen (secondary N) is 1. The minimum Gasteiger partial charge on any atom is -0.314 e. The molecule has 1 aliphatic rings. The fourth-order valence-electron chi connectivity index (χ4n) is 2.27. The Hall–Kier alpha value is -1.12. The quantitative estimate of drug-likeness (QED) is 0.871. The first-order valence-electron chi connectivity index (χ1n) is 6.03. The van der Waals surface area contributed by atoms with Crippen molar-refractivity contribution in [3.05, 3.63) is 47.8 Å². The molecule has 2 rings (SSSR count). The molecule has 110 valence electrons. The zero-order valence-electron chi connectivity index (χ0n) is 11.0. The summed E-state index contributed by atoms with van der Waals surface area (Å²) < 4.78 is 13.3. The lowest BCUT2D eigenvalue weighted by atomic mass is 10.0. The number of nitrogens with zero attached hydrogens (tertiary/aromatic N) is 2. The average Bonchev–Trinajstić information content (AvgIpc) is 2.42. The van der Waals surface area contributed by atoms with Gasteiger partial charge in [-0.05, 0) is 17.7 Å². The van der Waals surface area contributed by atoms with Gasteiger partial charge in [0.15, 0.2) is 0 Å². The van der Waals surface area contributed by atoms with E-state index in [-0.39, 0.29) is 36.4 Å². The Morgan fingerprint density at radius 1 is 1.35 bits per heavy atom. The van der Waals surface area contributed by atoms with Crippen LogP contribution < -0.4 is 5.32 Å². The predicted molar refractivity (Wildman–Crippen MR) is 83.0 cm³/mol. The van der Waals surface area contributed by atoms with Gasteiger partial charge in [0.1, 0.15) is 11.9 Å². The molecule has 1 heterocycles. The van der Waals surface area contributed by atoms with Crippen molar-refractivity contribution in [3.8, 4) is 6.07 Å². The summed E-state index contributed by atoms with van der Waals surface area (Å²) in [6.07, 6.45) is 1.85. The van der Waals surface area contributed by atoms with Crippen LogP contribution in [0.1, 0.15) is 17.2 Å². The largest absolute Gasteiger partial charge is 0.314 e. The lowest BCUT2D eigenvalue weighted by Crippen LogP contribution is -2.44. The van der Waals surface area contributed by atoms with Crippen LogP contribution in [0.15, 0.2) is 30.9 Å². The van der Waals surface area contributed by atoms with Crippen molar-refractivity contribution < 1.29 is 4.39 Å². The van der Waals surface area contributed by atoms with Crippen LogP contribution in [0.4, 0.5) is 4.39 Å². The maximum Gasteiger partial charge on any atom is 0.140 e. The summed E-state index contributed by atoms with van der Waals surface area (Å²) in [6, 6.07) is 6.61. The molecular weight excluding hydrogens is 300 g/mol. The van der Waals surface area contributed by atoms with Gasteiger partial charge in [-0.3, -0.25) is 4.90 Å². The Kier molecular flexibility index (Phi) is 8.43. The molecule has 1 aliphatic heterocycles. The summed E-state index contributed by atoms with van der Waals surface area (Å²) in [5.41, 5.74) is 1.01. The number of benzene rings is 1. The average molecular weight is 318 g/mol. The second kappa shape index (κ2) is 8.93. The summed E-state index contributed by atoms with van der Waals surface area (Å²) in [5.74, 6) is -0.468. The van der Waals surface area contributed by atoms with E-state index in [4.69, 9.17) is 5.26 Å². The summed E-state index contributed by atoms with van der Waals surface area (Å²) in [4.78, 5) is 2.28. The van der Waals surface area contributed by atoms with Crippen LogP contribution in [0.2, 0.25) is 0 Å². The monoisotopic (exact) mass is 317 g/mol. The molecule has 1 N–H and O–H groups in total. The van der Waals surface area contributed by atoms with Gasteiger partial charge in [0.25, 0.3) is 0 Å². The van der Waals surface area contributed by atoms with E-state index in [1.807, 2.05) is 12.1 Å². The molecule has 0 aliphatic carbocycles. The predicted octanol–water partition coefficient (Wildman–Crippen LogP) is 2.67. The van der Waals surface area contributed by atoms with Gasteiger partial charge < -0.3 is 5.32 Å². The molecule has 1 aromatic carbocycles. The van der Waals surface area contributed by atoms with Crippen LogP contribution in [0, 0.1) is 17.1 Å². The molecular formula is C14H18Cl2FN3. The normalized spacial score (nSPS) is 16.2. The Labute approximate surface area is 131 Å². The fraction of sp³-hybridized carbons (Fsp3) is 0.357. The minimum atomic E-state index is -0.468. The van der Waals surface area contributed by atoms with Crippen LogP contribution in [0.3, 0.4) is 0 Å². The highest BCUT2D eigenvalue weighted by molar-refractivity contribution is 5.85. The van der Waals surface area contributed by atoms with Gasteiger partial charge in [-0.25, -0.2) is 4.39 Å². The minimum absolute atomic E-state index is 0. The van der Waals surface area contributed by atoms with Crippen LogP contribution in [0.5, 0.6) is 0 Å². The van der Waals surface area contributed by atoms with E-state index in [9.17, 15) is 4.39 Å². The van der Waals surface area contributed by atoms with E-state index in [0.717, 1.165) is 31.7 Å². The van der Waals surface area contributed by atoms with E-state index < -0.39 is 5.82 Å². The molecule has 0 radical (unpaired) electrons. The lowest BCUT2D eigenvalue weighted by Gasteiger charge is -2.33. The summed E-state index contributed by atoms with van der Waals surface area (Å²) in [6.45, 7) is 7.59. The Bertz CT molecular complexity index is 482.